The Balaban J connectivity index is 2.26. The molecule has 0 unspecified atom stereocenters. The molecule has 7 heteroatoms. The lowest BCUT2D eigenvalue weighted by Crippen LogP contribution is -2.13. The molecule has 0 aliphatic carbocycles. The molecule has 1 aromatic carbocycles. The third kappa shape index (κ3) is 3.71. The first kappa shape index (κ1) is 15.3. The average molecular weight is 307 g/mol. The molecular weight excluding hydrogens is 290 g/mol. The predicted octanol–water partition coefficient (Wildman–Crippen LogP) is 1.66. The number of nitrogens with zero attached hydrogens (tertiary/aromatic N) is 1. The number of hydrogen-bond acceptors (Lipinski definition) is 5. The maximum absolute atomic E-state index is 11.4. The van der Waals surface area contributed by atoms with Crippen LogP contribution in [0.3, 0.4) is 0 Å². The van der Waals surface area contributed by atoms with Crippen molar-refractivity contribution in [3.05, 3.63) is 47.3 Å². The van der Waals surface area contributed by atoms with E-state index in [9.17, 15) is 13.5 Å². The zero-order valence-corrected chi connectivity index (χ0v) is 12.6. The van der Waals surface area contributed by atoms with Gasteiger partial charge in [0.1, 0.15) is 11.4 Å². The zero-order valence-electron chi connectivity index (χ0n) is 11.8. The molecule has 0 spiro atoms. The molecule has 112 valence electrons. The van der Waals surface area contributed by atoms with Crippen LogP contribution < -0.4 is 10.5 Å². The van der Waals surface area contributed by atoms with Gasteiger partial charge in [-0.15, -0.1) is 0 Å². The van der Waals surface area contributed by atoms with E-state index in [-0.39, 0.29) is 17.2 Å². The van der Waals surface area contributed by atoms with Crippen LogP contribution in [-0.4, -0.2) is 18.5 Å². The fourth-order valence-corrected chi connectivity index (χ4v) is 2.42. The molecule has 2 aromatic rings. The lowest BCUT2D eigenvalue weighted by atomic mass is 10.2. The standard InChI is InChI=1S/C14H17N3O3S/c1-9-3-5-11(21(15,19)20)7-12(9)16-8-13-14(18)6-4-10(2)17-13/h3-7,16,18H,8H2,1-2H3,(H2,15,19,20). The quantitative estimate of drug-likeness (QED) is 0.796. The van der Waals surface area contributed by atoms with Crippen molar-refractivity contribution in [2.45, 2.75) is 25.3 Å². The summed E-state index contributed by atoms with van der Waals surface area (Å²) in [5.74, 6) is 0.0911. The summed E-state index contributed by atoms with van der Waals surface area (Å²) in [6.07, 6.45) is 0. The normalized spacial score (nSPS) is 11.4. The van der Waals surface area contributed by atoms with Gasteiger partial charge < -0.3 is 10.4 Å². The number of aromatic nitrogens is 1. The first-order valence-corrected chi connectivity index (χ1v) is 7.85. The van der Waals surface area contributed by atoms with Crippen molar-refractivity contribution >= 4 is 15.7 Å². The van der Waals surface area contributed by atoms with Gasteiger partial charge in [-0.25, -0.2) is 13.6 Å². The van der Waals surface area contributed by atoms with E-state index < -0.39 is 10.0 Å². The number of nitrogens with one attached hydrogen (secondary N) is 1. The Morgan fingerprint density at radius 2 is 1.95 bits per heavy atom. The molecule has 1 aromatic heterocycles. The number of sulfonamides is 1. The Morgan fingerprint density at radius 3 is 2.62 bits per heavy atom. The molecule has 0 amide bonds. The maximum atomic E-state index is 11.4. The van der Waals surface area contributed by atoms with Crippen molar-refractivity contribution in [1.29, 1.82) is 0 Å². The van der Waals surface area contributed by atoms with Gasteiger partial charge in [0.25, 0.3) is 0 Å². The molecule has 2 rings (SSSR count). The van der Waals surface area contributed by atoms with E-state index in [2.05, 4.69) is 10.3 Å². The summed E-state index contributed by atoms with van der Waals surface area (Å²) in [7, 11) is -3.74. The molecule has 1 heterocycles. The SMILES string of the molecule is Cc1ccc(O)c(CNc2cc(S(N)(=O)=O)ccc2C)n1. The van der Waals surface area contributed by atoms with E-state index in [0.717, 1.165) is 11.3 Å². The maximum Gasteiger partial charge on any atom is 0.238 e. The zero-order chi connectivity index (χ0) is 15.6. The summed E-state index contributed by atoms with van der Waals surface area (Å²) in [6.45, 7) is 3.96. The van der Waals surface area contributed by atoms with Crippen LogP contribution in [0.25, 0.3) is 0 Å². The van der Waals surface area contributed by atoms with E-state index in [1.807, 2.05) is 13.8 Å². The molecule has 21 heavy (non-hydrogen) atoms. The Morgan fingerprint density at radius 1 is 1.24 bits per heavy atom. The highest BCUT2D eigenvalue weighted by molar-refractivity contribution is 7.89. The number of primary sulfonamides is 1. The first-order valence-electron chi connectivity index (χ1n) is 6.30. The molecule has 0 atom stereocenters. The van der Waals surface area contributed by atoms with Gasteiger partial charge in [-0.3, -0.25) is 4.98 Å². The summed E-state index contributed by atoms with van der Waals surface area (Å²) >= 11 is 0. The average Bonchev–Trinajstić information content (AvgIpc) is 2.40. The van der Waals surface area contributed by atoms with Crippen molar-refractivity contribution < 1.29 is 13.5 Å². The van der Waals surface area contributed by atoms with Gasteiger partial charge in [0.15, 0.2) is 0 Å². The van der Waals surface area contributed by atoms with E-state index in [1.165, 1.54) is 12.1 Å². The summed E-state index contributed by atoms with van der Waals surface area (Å²) in [6, 6.07) is 7.89. The molecule has 0 bridgehead atoms. The van der Waals surface area contributed by atoms with Crippen molar-refractivity contribution in [1.82, 2.24) is 4.98 Å². The Bertz CT molecular complexity index is 773. The molecule has 0 radical (unpaired) electrons. The van der Waals surface area contributed by atoms with Crippen LogP contribution in [0.15, 0.2) is 35.2 Å². The number of benzene rings is 1. The summed E-state index contributed by atoms with van der Waals surface area (Å²) < 4.78 is 22.7. The number of aromatic hydroxyl groups is 1. The molecule has 4 N–H and O–H groups in total. The van der Waals surface area contributed by atoms with Crippen LogP contribution in [0.5, 0.6) is 5.75 Å². The molecule has 0 saturated carbocycles. The van der Waals surface area contributed by atoms with E-state index in [0.29, 0.717) is 11.4 Å². The molecule has 0 aliphatic heterocycles. The predicted molar refractivity (Wildman–Crippen MR) is 80.5 cm³/mol. The minimum atomic E-state index is -3.74. The van der Waals surface area contributed by atoms with Crippen LogP contribution in [0.1, 0.15) is 17.0 Å². The van der Waals surface area contributed by atoms with Gasteiger partial charge in [0.05, 0.1) is 11.4 Å². The second kappa shape index (κ2) is 5.71. The minimum absolute atomic E-state index is 0.0389. The second-order valence-electron chi connectivity index (χ2n) is 4.79. The summed E-state index contributed by atoms with van der Waals surface area (Å²) in [5, 5.41) is 17.9. The smallest absolute Gasteiger partial charge is 0.238 e. The van der Waals surface area contributed by atoms with E-state index in [4.69, 9.17) is 5.14 Å². The Labute approximate surface area is 123 Å². The number of pyridine rings is 1. The third-order valence-corrected chi connectivity index (χ3v) is 3.98. The fourth-order valence-electron chi connectivity index (χ4n) is 1.88. The second-order valence-corrected chi connectivity index (χ2v) is 6.36. The van der Waals surface area contributed by atoms with Crippen LogP contribution in [-0.2, 0) is 16.6 Å². The number of rotatable bonds is 4. The topological polar surface area (TPSA) is 105 Å². The molecule has 0 fully saturated rings. The largest absolute Gasteiger partial charge is 0.506 e. The monoisotopic (exact) mass is 307 g/mol. The van der Waals surface area contributed by atoms with E-state index in [1.54, 1.807) is 18.2 Å². The molecular formula is C14H17N3O3S. The van der Waals surface area contributed by atoms with Crippen LogP contribution in [0, 0.1) is 13.8 Å². The highest BCUT2D eigenvalue weighted by Crippen LogP contribution is 2.22. The van der Waals surface area contributed by atoms with Crippen LogP contribution in [0.2, 0.25) is 0 Å². The van der Waals surface area contributed by atoms with Crippen molar-refractivity contribution in [2.75, 3.05) is 5.32 Å². The fraction of sp³-hybridized carbons (Fsp3) is 0.214. The van der Waals surface area contributed by atoms with Gasteiger partial charge in [-0.05, 0) is 43.7 Å². The van der Waals surface area contributed by atoms with Crippen molar-refractivity contribution in [3.8, 4) is 5.75 Å². The lowest BCUT2D eigenvalue weighted by Gasteiger charge is -2.12. The highest BCUT2D eigenvalue weighted by atomic mass is 32.2. The van der Waals surface area contributed by atoms with Crippen LogP contribution >= 0.6 is 0 Å². The number of aryl methyl sites for hydroxylation is 2. The molecule has 6 nitrogen and oxygen atoms in total. The number of hydrogen-bond donors (Lipinski definition) is 3. The lowest BCUT2D eigenvalue weighted by molar-refractivity contribution is 0.464. The summed E-state index contributed by atoms with van der Waals surface area (Å²) in [4.78, 5) is 4.27. The summed E-state index contributed by atoms with van der Waals surface area (Å²) in [5.41, 5.74) is 2.79. The van der Waals surface area contributed by atoms with Gasteiger partial charge in [-0.2, -0.15) is 0 Å². The first-order chi connectivity index (χ1) is 9.77. The molecule has 0 aliphatic rings. The Kier molecular flexibility index (Phi) is 4.15. The van der Waals surface area contributed by atoms with Crippen molar-refractivity contribution in [3.63, 3.8) is 0 Å². The van der Waals surface area contributed by atoms with Crippen molar-refractivity contribution in [2.24, 2.45) is 5.14 Å². The highest BCUT2D eigenvalue weighted by Gasteiger charge is 2.10. The minimum Gasteiger partial charge on any atom is -0.506 e. The molecule has 0 saturated heterocycles. The van der Waals surface area contributed by atoms with Crippen LogP contribution in [0.4, 0.5) is 5.69 Å². The van der Waals surface area contributed by atoms with Gasteiger partial charge in [-0.1, -0.05) is 6.07 Å². The van der Waals surface area contributed by atoms with Gasteiger partial charge in [0.2, 0.25) is 10.0 Å². The Hall–Kier alpha value is -2.12. The van der Waals surface area contributed by atoms with Gasteiger partial charge in [0, 0.05) is 11.4 Å². The third-order valence-electron chi connectivity index (χ3n) is 3.07. The number of nitrogens with two attached hydrogens (primary N) is 1. The number of anilines is 1. The van der Waals surface area contributed by atoms with Gasteiger partial charge >= 0.3 is 0 Å². The van der Waals surface area contributed by atoms with E-state index >= 15 is 0 Å².